The third kappa shape index (κ3) is 1.21. The van der Waals surface area contributed by atoms with Crippen LogP contribution in [0, 0.1) is 11.9 Å². The third-order valence-electron chi connectivity index (χ3n) is 1.00. The summed E-state index contributed by atoms with van der Waals surface area (Å²) in [4.78, 5) is 2.89. The Morgan fingerprint density at radius 3 is 2.60 bits per heavy atom. The maximum atomic E-state index is 12.4. The van der Waals surface area contributed by atoms with Crippen LogP contribution in [0.5, 0.6) is 5.75 Å². The number of aromatic nitrogens is 1. The summed E-state index contributed by atoms with van der Waals surface area (Å²) < 4.78 is 28.9. The van der Waals surface area contributed by atoms with Crippen LogP contribution < -0.4 is 4.74 Å². The molecule has 0 atom stereocenters. The summed E-state index contributed by atoms with van der Waals surface area (Å²) in [6.45, 7) is 0. The molecule has 0 aliphatic carbocycles. The Morgan fingerprint density at radius 1 is 1.40 bits per heavy atom. The number of nitrogens with zero attached hydrogens (tertiary/aromatic N) is 1. The molecule has 1 heterocycles. The van der Waals surface area contributed by atoms with Crippen LogP contribution in [0.3, 0.4) is 0 Å². The number of pyridine rings is 1. The van der Waals surface area contributed by atoms with Gasteiger partial charge in [-0.2, -0.15) is 13.8 Å². The molecule has 0 amide bonds. The first-order chi connectivity index (χ1) is 4.74. The van der Waals surface area contributed by atoms with E-state index in [4.69, 9.17) is 0 Å². The summed E-state index contributed by atoms with van der Waals surface area (Å²) in [7, 11) is 1.29. The molecule has 54 valence electrons. The molecule has 0 N–H and O–H groups in total. The minimum atomic E-state index is -0.928. The molecule has 0 saturated heterocycles. The van der Waals surface area contributed by atoms with Gasteiger partial charge in [0.25, 0.3) is 5.95 Å². The fraction of sp³-hybridized carbons (Fsp3) is 0.167. The van der Waals surface area contributed by atoms with Crippen molar-refractivity contribution in [3.8, 4) is 5.75 Å². The molecular formula is C6H5F2NO. The zero-order valence-corrected chi connectivity index (χ0v) is 5.27. The Labute approximate surface area is 56.5 Å². The van der Waals surface area contributed by atoms with Crippen LogP contribution in [0.1, 0.15) is 0 Å². The Morgan fingerprint density at radius 2 is 2.10 bits per heavy atom. The maximum Gasteiger partial charge on any atom is 0.257 e. The lowest BCUT2D eigenvalue weighted by Gasteiger charge is -1.97. The van der Waals surface area contributed by atoms with Gasteiger partial charge in [0.15, 0.2) is 5.75 Å². The maximum absolute atomic E-state index is 12.4. The summed E-state index contributed by atoms with van der Waals surface area (Å²) in [5.74, 6) is -1.83. The number of halogens is 2. The summed E-state index contributed by atoms with van der Waals surface area (Å²) in [5.41, 5.74) is 0. The van der Waals surface area contributed by atoms with E-state index in [0.717, 1.165) is 6.07 Å². The normalized spacial score (nSPS) is 9.50. The largest absolute Gasteiger partial charge is 0.492 e. The highest BCUT2D eigenvalue weighted by Gasteiger charge is 2.02. The fourth-order valence-electron chi connectivity index (χ4n) is 0.552. The van der Waals surface area contributed by atoms with E-state index < -0.39 is 11.9 Å². The van der Waals surface area contributed by atoms with Gasteiger partial charge in [0, 0.05) is 0 Å². The summed E-state index contributed by atoms with van der Waals surface area (Å²) in [6, 6.07) is 2.21. The summed E-state index contributed by atoms with van der Waals surface area (Å²) in [5, 5.41) is 0. The van der Waals surface area contributed by atoms with Gasteiger partial charge in [0.2, 0.25) is 5.95 Å². The lowest BCUT2D eigenvalue weighted by molar-refractivity contribution is 0.370. The minimum Gasteiger partial charge on any atom is -0.492 e. The highest BCUT2D eigenvalue weighted by atomic mass is 19.1. The van der Waals surface area contributed by atoms with E-state index in [1.807, 2.05) is 0 Å². The van der Waals surface area contributed by atoms with E-state index >= 15 is 0 Å². The SMILES string of the molecule is COc1ccc(F)nc1F. The number of hydrogen-bond acceptors (Lipinski definition) is 2. The molecule has 1 aromatic heterocycles. The van der Waals surface area contributed by atoms with Crippen LogP contribution in [-0.2, 0) is 0 Å². The second kappa shape index (κ2) is 2.60. The van der Waals surface area contributed by atoms with Crippen molar-refractivity contribution in [2.24, 2.45) is 0 Å². The van der Waals surface area contributed by atoms with Crippen molar-refractivity contribution in [3.05, 3.63) is 24.0 Å². The van der Waals surface area contributed by atoms with Crippen molar-refractivity contribution < 1.29 is 13.5 Å². The van der Waals surface area contributed by atoms with Gasteiger partial charge in [0.05, 0.1) is 7.11 Å². The van der Waals surface area contributed by atoms with E-state index in [2.05, 4.69) is 9.72 Å². The zero-order valence-electron chi connectivity index (χ0n) is 5.27. The van der Waals surface area contributed by atoms with E-state index in [9.17, 15) is 8.78 Å². The van der Waals surface area contributed by atoms with E-state index in [0.29, 0.717) is 0 Å². The van der Waals surface area contributed by atoms with Gasteiger partial charge < -0.3 is 4.74 Å². The van der Waals surface area contributed by atoms with Gasteiger partial charge in [-0.15, -0.1) is 0 Å². The number of ether oxygens (including phenoxy) is 1. The van der Waals surface area contributed by atoms with Crippen LogP contribution in [0.25, 0.3) is 0 Å². The lowest BCUT2D eigenvalue weighted by Crippen LogP contribution is -1.92. The molecule has 0 aromatic carbocycles. The first kappa shape index (κ1) is 6.92. The molecule has 0 bridgehead atoms. The molecule has 0 unspecified atom stereocenters. The molecule has 0 fully saturated rings. The summed E-state index contributed by atoms with van der Waals surface area (Å²) >= 11 is 0. The second-order valence-electron chi connectivity index (χ2n) is 1.63. The van der Waals surface area contributed by atoms with Crippen molar-refractivity contribution in [1.82, 2.24) is 4.98 Å². The molecule has 1 rings (SSSR count). The highest BCUT2D eigenvalue weighted by Crippen LogP contribution is 2.12. The van der Waals surface area contributed by atoms with Gasteiger partial charge in [0.1, 0.15) is 0 Å². The number of hydrogen-bond donors (Lipinski definition) is 0. The van der Waals surface area contributed by atoms with E-state index in [1.165, 1.54) is 13.2 Å². The van der Waals surface area contributed by atoms with Gasteiger partial charge in [-0.05, 0) is 12.1 Å². The molecular weight excluding hydrogens is 140 g/mol. The number of rotatable bonds is 1. The molecule has 0 radical (unpaired) electrons. The first-order valence-electron chi connectivity index (χ1n) is 2.60. The van der Waals surface area contributed by atoms with Crippen LogP contribution in [0.4, 0.5) is 8.78 Å². The minimum absolute atomic E-state index is 0.0543. The monoisotopic (exact) mass is 145 g/mol. The van der Waals surface area contributed by atoms with Crippen molar-refractivity contribution in [2.45, 2.75) is 0 Å². The van der Waals surface area contributed by atoms with Gasteiger partial charge in [-0.25, -0.2) is 0 Å². The van der Waals surface area contributed by atoms with Crippen LogP contribution in [-0.4, -0.2) is 12.1 Å². The first-order valence-corrected chi connectivity index (χ1v) is 2.60. The zero-order chi connectivity index (χ0) is 7.56. The van der Waals surface area contributed by atoms with Crippen molar-refractivity contribution in [1.29, 1.82) is 0 Å². The molecule has 2 nitrogen and oxygen atoms in total. The standard InChI is InChI=1S/C6H5F2NO/c1-10-4-2-3-5(7)9-6(4)8/h2-3H,1H3. The molecule has 0 saturated carbocycles. The van der Waals surface area contributed by atoms with Gasteiger partial charge in [-0.1, -0.05) is 0 Å². The Kier molecular flexibility index (Phi) is 1.80. The Balaban J connectivity index is 3.07. The van der Waals surface area contributed by atoms with Gasteiger partial charge >= 0.3 is 0 Å². The van der Waals surface area contributed by atoms with Crippen LogP contribution in [0.15, 0.2) is 12.1 Å². The average molecular weight is 145 g/mol. The van der Waals surface area contributed by atoms with Gasteiger partial charge in [-0.3, -0.25) is 0 Å². The van der Waals surface area contributed by atoms with Crippen LogP contribution >= 0.6 is 0 Å². The molecule has 0 aliphatic heterocycles. The predicted molar refractivity (Wildman–Crippen MR) is 30.7 cm³/mol. The van der Waals surface area contributed by atoms with Crippen molar-refractivity contribution >= 4 is 0 Å². The molecule has 0 aliphatic rings. The number of methoxy groups -OCH3 is 1. The average Bonchev–Trinajstić information content (AvgIpc) is 1.88. The topological polar surface area (TPSA) is 22.1 Å². The molecule has 0 spiro atoms. The fourth-order valence-corrected chi connectivity index (χ4v) is 0.552. The Hall–Kier alpha value is -1.19. The Bertz CT molecular complexity index is 239. The molecule has 4 heteroatoms. The molecule has 10 heavy (non-hydrogen) atoms. The third-order valence-corrected chi connectivity index (χ3v) is 1.00. The van der Waals surface area contributed by atoms with Crippen molar-refractivity contribution in [3.63, 3.8) is 0 Å². The summed E-state index contributed by atoms with van der Waals surface area (Å²) in [6.07, 6.45) is 0. The van der Waals surface area contributed by atoms with Crippen LogP contribution in [0.2, 0.25) is 0 Å². The second-order valence-corrected chi connectivity index (χ2v) is 1.63. The quantitative estimate of drug-likeness (QED) is 0.557. The highest BCUT2D eigenvalue weighted by molar-refractivity contribution is 5.17. The lowest BCUT2D eigenvalue weighted by atomic mass is 10.4. The van der Waals surface area contributed by atoms with E-state index in [1.54, 1.807) is 0 Å². The van der Waals surface area contributed by atoms with E-state index in [-0.39, 0.29) is 5.75 Å². The smallest absolute Gasteiger partial charge is 0.257 e. The molecule has 1 aromatic rings. The van der Waals surface area contributed by atoms with Crippen molar-refractivity contribution in [2.75, 3.05) is 7.11 Å². The predicted octanol–water partition coefficient (Wildman–Crippen LogP) is 1.37.